The molecule has 2 aromatic carbocycles. The third-order valence-electron chi connectivity index (χ3n) is 2.62. The molecule has 0 nitrogen and oxygen atoms in total. The summed E-state index contributed by atoms with van der Waals surface area (Å²) in [4.78, 5) is 0. The van der Waals surface area contributed by atoms with Gasteiger partial charge in [0.25, 0.3) is 0 Å². The lowest BCUT2D eigenvalue weighted by molar-refractivity contribution is 1.27. The first-order valence-electron chi connectivity index (χ1n) is 5.97. The van der Waals surface area contributed by atoms with Crippen LogP contribution in [0.2, 0.25) is 0 Å². The predicted octanol–water partition coefficient (Wildman–Crippen LogP) is 3.92. The molecule has 0 heteroatoms. The van der Waals surface area contributed by atoms with Gasteiger partial charge in [0.1, 0.15) is 0 Å². The minimum atomic E-state index is 0.903. The van der Waals surface area contributed by atoms with E-state index in [1.807, 2.05) is 37.3 Å². The van der Waals surface area contributed by atoms with Gasteiger partial charge in [-0.1, -0.05) is 36.1 Å². The van der Waals surface area contributed by atoms with Crippen molar-refractivity contribution < 1.29 is 0 Å². The second-order valence-electron chi connectivity index (χ2n) is 4.24. The summed E-state index contributed by atoms with van der Waals surface area (Å²) >= 11 is 0. The quantitative estimate of drug-likeness (QED) is 0.543. The molecule has 87 valence electrons. The molecule has 0 aliphatic rings. The van der Waals surface area contributed by atoms with E-state index < -0.39 is 0 Å². The van der Waals surface area contributed by atoms with Crippen LogP contribution in [0.3, 0.4) is 0 Å². The molecule has 0 aliphatic carbocycles. The van der Waals surface area contributed by atoms with Gasteiger partial charge in [0, 0.05) is 11.1 Å². The van der Waals surface area contributed by atoms with Crippen molar-refractivity contribution in [2.75, 3.05) is 0 Å². The second kappa shape index (κ2) is 5.89. The largest absolute Gasteiger partial charge is 0.103 e. The van der Waals surface area contributed by atoms with Gasteiger partial charge < -0.3 is 0 Å². The number of benzene rings is 2. The van der Waals surface area contributed by atoms with Gasteiger partial charge in [-0.3, -0.25) is 0 Å². The van der Waals surface area contributed by atoms with Crippen LogP contribution >= 0.6 is 0 Å². The summed E-state index contributed by atoms with van der Waals surface area (Å²) in [6, 6.07) is 17.3. The molecule has 1 radical (unpaired) electrons. The van der Waals surface area contributed by atoms with Crippen LogP contribution in [0.25, 0.3) is 0 Å². The summed E-state index contributed by atoms with van der Waals surface area (Å²) in [7, 11) is 0. The predicted molar refractivity (Wildman–Crippen MR) is 76.3 cm³/mol. The topological polar surface area (TPSA) is 0 Å². The highest BCUT2D eigenvalue weighted by Crippen LogP contribution is 2.05. The van der Waals surface area contributed by atoms with E-state index in [0.717, 1.165) is 17.5 Å². The van der Waals surface area contributed by atoms with Crippen LogP contribution in [0.5, 0.6) is 0 Å². The maximum absolute atomic E-state index is 3.73. The van der Waals surface area contributed by atoms with E-state index >= 15 is 0 Å². The van der Waals surface area contributed by atoms with E-state index in [1.165, 1.54) is 11.1 Å². The van der Waals surface area contributed by atoms with Crippen molar-refractivity contribution in [3.63, 3.8) is 0 Å². The van der Waals surface area contributed by atoms with Crippen molar-refractivity contribution >= 4 is 0 Å². The molecule has 0 N–H and O–H groups in total. The molecule has 0 spiro atoms. The first kappa shape index (κ1) is 12.2. The highest BCUT2D eigenvalue weighted by atomic mass is 13.9. The lowest BCUT2D eigenvalue weighted by Crippen LogP contribution is -1.81. The van der Waals surface area contributed by atoms with Crippen LogP contribution in [0.4, 0.5) is 0 Å². The zero-order valence-corrected chi connectivity index (χ0v) is 10.5. The Kier molecular flexibility index (Phi) is 3.99. The molecule has 0 aliphatic heterocycles. The highest BCUT2D eigenvalue weighted by Gasteiger charge is 1.91. The Bertz CT molecular complexity index is 592. The molecule has 2 rings (SSSR count). The van der Waals surface area contributed by atoms with Gasteiger partial charge in [0.15, 0.2) is 0 Å². The van der Waals surface area contributed by atoms with Crippen LogP contribution in [0.15, 0.2) is 55.1 Å². The average Bonchev–Trinajstić information content (AvgIpc) is 2.38. The summed E-state index contributed by atoms with van der Waals surface area (Å²) < 4.78 is 0. The average molecular weight is 231 g/mol. The Balaban J connectivity index is 2.17. The number of aryl methyl sites for hydroxylation is 1. The first-order chi connectivity index (χ1) is 8.78. The van der Waals surface area contributed by atoms with E-state index in [2.05, 4.69) is 42.7 Å². The van der Waals surface area contributed by atoms with Crippen molar-refractivity contribution in [3.05, 3.63) is 83.4 Å². The summed E-state index contributed by atoms with van der Waals surface area (Å²) in [6.07, 6.45) is 2.81. The summed E-state index contributed by atoms with van der Waals surface area (Å²) in [5.41, 5.74) is 4.48. The molecule has 0 unspecified atom stereocenters. The van der Waals surface area contributed by atoms with Crippen LogP contribution in [0.1, 0.15) is 22.3 Å². The fraction of sp³-hybridized carbons (Fsp3) is 0.111. The number of allylic oxidation sites excluding steroid dienone is 1. The molecule has 0 aromatic heterocycles. The van der Waals surface area contributed by atoms with Gasteiger partial charge in [0.05, 0.1) is 0 Å². The van der Waals surface area contributed by atoms with Gasteiger partial charge in [-0.25, -0.2) is 0 Å². The van der Waals surface area contributed by atoms with Crippen molar-refractivity contribution in [1.29, 1.82) is 0 Å². The van der Waals surface area contributed by atoms with Crippen LogP contribution in [0, 0.1) is 24.8 Å². The lowest BCUT2D eigenvalue weighted by Gasteiger charge is -1.96. The Morgan fingerprint density at radius 1 is 1.11 bits per heavy atom. The molecule has 0 heterocycles. The van der Waals surface area contributed by atoms with E-state index in [1.54, 1.807) is 0 Å². The third kappa shape index (κ3) is 3.37. The maximum Gasteiger partial charge on any atom is 0.0257 e. The molecule has 0 bridgehead atoms. The smallest absolute Gasteiger partial charge is 0.0257 e. The lowest BCUT2D eigenvalue weighted by atomic mass is 10.1. The summed E-state index contributed by atoms with van der Waals surface area (Å²) in [6.45, 7) is 5.78. The molecule has 2 aromatic rings. The highest BCUT2D eigenvalue weighted by molar-refractivity contribution is 5.44. The maximum atomic E-state index is 3.73. The summed E-state index contributed by atoms with van der Waals surface area (Å²) in [5, 5.41) is 0. The van der Waals surface area contributed by atoms with E-state index in [4.69, 9.17) is 0 Å². The number of hydrogen-bond acceptors (Lipinski definition) is 0. The third-order valence-corrected chi connectivity index (χ3v) is 2.62. The van der Waals surface area contributed by atoms with E-state index in [9.17, 15) is 0 Å². The van der Waals surface area contributed by atoms with Gasteiger partial charge in [-0.05, 0) is 54.8 Å². The minimum absolute atomic E-state index is 0.903. The first-order valence-corrected chi connectivity index (χ1v) is 5.97. The normalized spacial score (nSPS) is 9.39. The molecule has 0 atom stereocenters. The van der Waals surface area contributed by atoms with Crippen molar-refractivity contribution in [1.82, 2.24) is 0 Å². The molecule has 18 heavy (non-hydrogen) atoms. The molecule has 0 saturated carbocycles. The molecular weight excluding hydrogens is 216 g/mol. The zero-order valence-electron chi connectivity index (χ0n) is 10.5. The number of hydrogen-bond donors (Lipinski definition) is 0. The Hall–Kier alpha value is -2.26. The SMILES string of the molecule is C=CCc1ccc(C#Cc2c[c]cc(C)c2)cc1. The van der Waals surface area contributed by atoms with Crippen molar-refractivity contribution in [2.45, 2.75) is 13.3 Å². The molecular formula is C18H15. The van der Waals surface area contributed by atoms with Gasteiger partial charge in [-0.2, -0.15) is 0 Å². The monoisotopic (exact) mass is 231 g/mol. The van der Waals surface area contributed by atoms with E-state index in [0.29, 0.717) is 0 Å². The fourth-order valence-corrected chi connectivity index (χ4v) is 1.70. The van der Waals surface area contributed by atoms with Crippen LogP contribution in [-0.4, -0.2) is 0 Å². The Labute approximate surface area is 109 Å². The van der Waals surface area contributed by atoms with Gasteiger partial charge >= 0.3 is 0 Å². The minimum Gasteiger partial charge on any atom is -0.103 e. The van der Waals surface area contributed by atoms with Crippen LogP contribution < -0.4 is 0 Å². The standard InChI is InChI=1S/C18H15/c1-3-5-16-8-10-17(11-9-16)12-13-18-7-4-6-15(2)14-18/h3,6-11,14H,1,5H2,2H3. The molecule has 0 saturated heterocycles. The number of rotatable bonds is 2. The Morgan fingerprint density at radius 2 is 1.83 bits per heavy atom. The van der Waals surface area contributed by atoms with Gasteiger partial charge in [0.2, 0.25) is 0 Å². The molecule has 0 amide bonds. The molecule has 0 fully saturated rings. The zero-order chi connectivity index (χ0) is 12.8. The fourth-order valence-electron chi connectivity index (χ4n) is 1.70. The Morgan fingerprint density at radius 3 is 2.50 bits per heavy atom. The summed E-state index contributed by atoms with van der Waals surface area (Å²) in [5.74, 6) is 6.31. The van der Waals surface area contributed by atoms with Crippen molar-refractivity contribution in [3.8, 4) is 11.8 Å². The van der Waals surface area contributed by atoms with E-state index in [-0.39, 0.29) is 0 Å². The van der Waals surface area contributed by atoms with Crippen molar-refractivity contribution in [2.24, 2.45) is 0 Å². The van der Waals surface area contributed by atoms with Gasteiger partial charge in [-0.15, -0.1) is 6.58 Å². The second-order valence-corrected chi connectivity index (χ2v) is 4.24. The van der Waals surface area contributed by atoms with Crippen LogP contribution in [-0.2, 0) is 6.42 Å².